The van der Waals surface area contributed by atoms with Gasteiger partial charge in [-0.2, -0.15) is 0 Å². The molecule has 2 rings (SSSR count). The Morgan fingerprint density at radius 3 is 2.38 bits per heavy atom. The number of alkyl halides is 3. The smallest absolute Gasteiger partial charge is 0.497 e. The van der Waals surface area contributed by atoms with Crippen molar-refractivity contribution >= 4 is 5.82 Å². The highest BCUT2D eigenvalue weighted by Gasteiger charge is 2.31. The van der Waals surface area contributed by atoms with E-state index in [9.17, 15) is 13.2 Å². The van der Waals surface area contributed by atoms with Gasteiger partial charge in [0.2, 0.25) is 0 Å². The van der Waals surface area contributed by atoms with Crippen LogP contribution in [0.1, 0.15) is 11.1 Å². The van der Waals surface area contributed by atoms with Crippen LogP contribution in [-0.2, 0) is 6.42 Å². The molecule has 0 aliphatic heterocycles. The van der Waals surface area contributed by atoms with Gasteiger partial charge in [-0.05, 0) is 23.8 Å². The van der Waals surface area contributed by atoms with E-state index in [1.165, 1.54) is 6.07 Å². The molecule has 0 aliphatic carbocycles. The van der Waals surface area contributed by atoms with Crippen LogP contribution in [0.4, 0.5) is 19.0 Å². The summed E-state index contributed by atoms with van der Waals surface area (Å²) in [7, 11) is 1.55. The number of ether oxygens (including phenoxy) is 2. The Balaban J connectivity index is 2.20. The number of nitrogens with two attached hydrogens (primary N) is 1. The van der Waals surface area contributed by atoms with Crippen LogP contribution in [-0.4, -0.2) is 18.5 Å². The maximum Gasteiger partial charge on any atom is 0.573 e. The van der Waals surface area contributed by atoms with Crippen LogP contribution < -0.4 is 15.2 Å². The Kier molecular flexibility index (Phi) is 4.21. The molecular formula is C14H13F3N2O2. The average Bonchev–Trinajstić information content (AvgIpc) is 2.42. The lowest BCUT2D eigenvalue weighted by Gasteiger charge is -2.11. The first-order valence-corrected chi connectivity index (χ1v) is 6.00. The molecule has 112 valence electrons. The zero-order valence-electron chi connectivity index (χ0n) is 11.1. The van der Waals surface area contributed by atoms with Gasteiger partial charge in [0.25, 0.3) is 0 Å². The maximum atomic E-state index is 12.2. The van der Waals surface area contributed by atoms with Crippen LogP contribution in [0.25, 0.3) is 0 Å². The van der Waals surface area contributed by atoms with E-state index in [4.69, 9.17) is 10.5 Å². The van der Waals surface area contributed by atoms with Gasteiger partial charge in [-0.15, -0.1) is 13.2 Å². The summed E-state index contributed by atoms with van der Waals surface area (Å²) in [4.78, 5) is 3.72. The van der Waals surface area contributed by atoms with Crippen molar-refractivity contribution < 1.29 is 22.6 Å². The molecule has 1 aromatic heterocycles. The highest BCUT2D eigenvalue weighted by atomic mass is 19.4. The number of pyridine rings is 1. The molecule has 0 radical (unpaired) electrons. The summed E-state index contributed by atoms with van der Waals surface area (Å²) in [6.45, 7) is 0. The van der Waals surface area contributed by atoms with Gasteiger partial charge >= 0.3 is 6.36 Å². The van der Waals surface area contributed by atoms with E-state index in [1.54, 1.807) is 31.4 Å². The van der Waals surface area contributed by atoms with Crippen LogP contribution in [0.15, 0.2) is 36.5 Å². The number of anilines is 1. The highest BCUT2D eigenvalue weighted by Crippen LogP contribution is 2.26. The molecule has 2 aromatic rings. The minimum absolute atomic E-state index is 0.167. The minimum Gasteiger partial charge on any atom is -0.497 e. The highest BCUT2D eigenvalue weighted by molar-refractivity contribution is 5.46. The van der Waals surface area contributed by atoms with Crippen LogP contribution in [0.3, 0.4) is 0 Å². The van der Waals surface area contributed by atoms with Crippen LogP contribution in [0, 0.1) is 0 Å². The van der Waals surface area contributed by atoms with Gasteiger partial charge in [-0.25, -0.2) is 4.98 Å². The SMILES string of the molecule is COc1ccc(Cc2cc(OC(F)(F)F)cnc2N)cc1. The molecule has 4 nitrogen and oxygen atoms in total. The lowest BCUT2D eigenvalue weighted by molar-refractivity contribution is -0.274. The molecule has 0 aliphatic rings. The van der Waals surface area contributed by atoms with Gasteiger partial charge in [0.15, 0.2) is 0 Å². The summed E-state index contributed by atoms with van der Waals surface area (Å²) < 4.78 is 45.4. The number of benzene rings is 1. The Morgan fingerprint density at radius 2 is 1.81 bits per heavy atom. The standard InChI is InChI=1S/C14H13F3N2O2/c1-20-11-4-2-9(3-5-11)6-10-7-12(8-19-13(10)18)21-14(15,16)17/h2-5,7-8H,6H2,1H3,(H2,18,19). The van der Waals surface area contributed by atoms with Crippen LogP contribution >= 0.6 is 0 Å². The van der Waals surface area contributed by atoms with E-state index in [1.807, 2.05) is 0 Å². The predicted octanol–water partition coefficient (Wildman–Crippen LogP) is 3.16. The normalized spacial score (nSPS) is 11.2. The van der Waals surface area contributed by atoms with Gasteiger partial charge in [0.1, 0.15) is 17.3 Å². The number of rotatable bonds is 4. The second-order valence-electron chi connectivity index (χ2n) is 4.29. The molecule has 0 atom stereocenters. The van der Waals surface area contributed by atoms with Gasteiger partial charge in [-0.1, -0.05) is 12.1 Å². The Morgan fingerprint density at radius 1 is 1.14 bits per heavy atom. The first-order valence-electron chi connectivity index (χ1n) is 6.00. The number of halogens is 3. The van der Waals surface area contributed by atoms with Gasteiger partial charge in [-0.3, -0.25) is 0 Å². The van der Waals surface area contributed by atoms with Crippen LogP contribution in [0.5, 0.6) is 11.5 Å². The molecule has 0 fully saturated rings. The summed E-state index contributed by atoms with van der Waals surface area (Å²) in [6.07, 6.45) is -3.46. The Bertz CT molecular complexity index is 613. The third kappa shape index (κ3) is 4.27. The van der Waals surface area contributed by atoms with E-state index in [0.717, 1.165) is 11.8 Å². The third-order valence-electron chi connectivity index (χ3n) is 2.76. The summed E-state index contributed by atoms with van der Waals surface area (Å²) in [5, 5.41) is 0. The first kappa shape index (κ1) is 15.0. The van der Waals surface area contributed by atoms with Crippen molar-refractivity contribution in [3.8, 4) is 11.5 Å². The van der Waals surface area contributed by atoms with E-state index >= 15 is 0 Å². The molecule has 0 amide bonds. The largest absolute Gasteiger partial charge is 0.573 e. The third-order valence-corrected chi connectivity index (χ3v) is 2.76. The lowest BCUT2D eigenvalue weighted by Crippen LogP contribution is -2.17. The average molecular weight is 298 g/mol. The van der Waals surface area contributed by atoms with Crippen molar-refractivity contribution in [2.75, 3.05) is 12.8 Å². The summed E-state index contributed by atoms with van der Waals surface area (Å²) in [5.74, 6) is 0.472. The molecule has 7 heteroatoms. The fourth-order valence-electron chi connectivity index (χ4n) is 1.79. The topological polar surface area (TPSA) is 57.4 Å². The van der Waals surface area contributed by atoms with Gasteiger partial charge < -0.3 is 15.2 Å². The minimum atomic E-state index is -4.75. The Hall–Kier alpha value is -2.44. The summed E-state index contributed by atoms with van der Waals surface area (Å²) >= 11 is 0. The molecule has 0 unspecified atom stereocenters. The van der Waals surface area contributed by atoms with Crippen molar-refractivity contribution in [2.24, 2.45) is 0 Å². The van der Waals surface area contributed by atoms with Crippen molar-refractivity contribution in [1.82, 2.24) is 4.98 Å². The van der Waals surface area contributed by atoms with Crippen molar-refractivity contribution in [1.29, 1.82) is 0 Å². The Labute approximate surface area is 119 Å². The maximum absolute atomic E-state index is 12.2. The zero-order valence-corrected chi connectivity index (χ0v) is 11.1. The van der Waals surface area contributed by atoms with Crippen molar-refractivity contribution in [3.63, 3.8) is 0 Å². The quantitative estimate of drug-likeness (QED) is 0.942. The summed E-state index contributed by atoms with van der Waals surface area (Å²) in [6, 6.07) is 8.36. The predicted molar refractivity (Wildman–Crippen MR) is 71.1 cm³/mol. The number of nitrogens with zero attached hydrogens (tertiary/aromatic N) is 1. The fourth-order valence-corrected chi connectivity index (χ4v) is 1.79. The second-order valence-corrected chi connectivity index (χ2v) is 4.29. The molecule has 21 heavy (non-hydrogen) atoms. The number of hydrogen-bond acceptors (Lipinski definition) is 4. The molecule has 1 heterocycles. The van der Waals surface area contributed by atoms with Gasteiger partial charge in [0.05, 0.1) is 13.3 Å². The number of methoxy groups -OCH3 is 1. The molecule has 0 saturated carbocycles. The van der Waals surface area contributed by atoms with Crippen molar-refractivity contribution in [3.05, 3.63) is 47.7 Å². The second kappa shape index (κ2) is 5.90. The molecule has 2 N–H and O–H groups in total. The fraction of sp³-hybridized carbons (Fsp3) is 0.214. The first-order chi connectivity index (χ1) is 9.87. The monoisotopic (exact) mass is 298 g/mol. The lowest BCUT2D eigenvalue weighted by atomic mass is 10.1. The van der Waals surface area contributed by atoms with E-state index < -0.39 is 6.36 Å². The molecule has 0 spiro atoms. The van der Waals surface area contributed by atoms with Gasteiger partial charge in [0, 0.05) is 12.0 Å². The molecule has 1 aromatic carbocycles. The summed E-state index contributed by atoms with van der Waals surface area (Å²) in [5.41, 5.74) is 7.01. The number of aromatic nitrogens is 1. The van der Waals surface area contributed by atoms with E-state index in [2.05, 4.69) is 9.72 Å². The zero-order chi connectivity index (χ0) is 15.5. The van der Waals surface area contributed by atoms with E-state index in [0.29, 0.717) is 17.7 Å². The van der Waals surface area contributed by atoms with Crippen molar-refractivity contribution in [2.45, 2.75) is 12.8 Å². The van der Waals surface area contributed by atoms with E-state index in [-0.39, 0.29) is 11.6 Å². The number of hydrogen-bond donors (Lipinski definition) is 1. The number of nitrogen functional groups attached to an aromatic ring is 1. The molecule has 0 bridgehead atoms. The molecular weight excluding hydrogens is 285 g/mol. The molecule has 0 saturated heterocycles. The van der Waals surface area contributed by atoms with Crippen LogP contribution in [0.2, 0.25) is 0 Å².